The molecule has 23 heavy (non-hydrogen) atoms. The second-order valence-corrected chi connectivity index (χ2v) is 6.34. The average Bonchev–Trinajstić information content (AvgIpc) is 2.93. The Bertz CT molecular complexity index is 764. The minimum Gasteiger partial charge on any atom is -0.481 e. The number of carboxylic acid groups (broad SMARTS) is 1. The highest BCUT2D eigenvalue weighted by Crippen LogP contribution is 2.33. The molecule has 0 radical (unpaired) electrons. The van der Waals surface area contributed by atoms with Gasteiger partial charge in [0.05, 0.1) is 23.0 Å². The van der Waals surface area contributed by atoms with Crippen molar-refractivity contribution in [1.82, 2.24) is 10.3 Å². The van der Waals surface area contributed by atoms with Gasteiger partial charge < -0.3 is 10.4 Å². The smallest absolute Gasteiger partial charge is 0.305 e. The van der Waals surface area contributed by atoms with E-state index in [0.29, 0.717) is 18.4 Å². The Morgan fingerprint density at radius 3 is 2.65 bits per heavy atom. The summed E-state index contributed by atoms with van der Waals surface area (Å²) in [6.45, 7) is 1.85. The monoisotopic (exact) mass is 312 g/mol. The van der Waals surface area contributed by atoms with Crippen LogP contribution in [0.15, 0.2) is 30.3 Å². The van der Waals surface area contributed by atoms with E-state index in [1.165, 1.54) is 0 Å². The Balaban J connectivity index is 1.95. The van der Waals surface area contributed by atoms with Crippen LogP contribution in [0.3, 0.4) is 0 Å². The van der Waals surface area contributed by atoms with Gasteiger partial charge in [0.2, 0.25) is 0 Å². The van der Waals surface area contributed by atoms with Crippen LogP contribution in [0.4, 0.5) is 0 Å². The molecule has 0 aliphatic heterocycles. The van der Waals surface area contributed by atoms with Crippen LogP contribution >= 0.6 is 0 Å². The van der Waals surface area contributed by atoms with E-state index in [0.717, 1.165) is 29.4 Å². The molecule has 1 aliphatic carbocycles. The van der Waals surface area contributed by atoms with Crippen LogP contribution in [-0.4, -0.2) is 27.5 Å². The zero-order chi connectivity index (χ0) is 16.4. The van der Waals surface area contributed by atoms with Crippen molar-refractivity contribution in [3.05, 3.63) is 41.6 Å². The van der Waals surface area contributed by atoms with Crippen LogP contribution < -0.4 is 5.32 Å². The van der Waals surface area contributed by atoms with E-state index in [2.05, 4.69) is 10.3 Å². The number of nitrogens with zero attached hydrogens (tertiary/aromatic N) is 1. The molecule has 1 saturated carbocycles. The Hall–Kier alpha value is -2.43. The van der Waals surface area contributed by atoms with Crippen molar-refractivity contribution < 1.29 is 14.7 Å². The molecular formula is C18H20N2O3. The van der Waals surface area contributed by atoms with Crippen molar-refractivity contribution in [2.24, 2.45) is 0 Å². The van der Waals surface area contributed by atoms with Crippen LogP contribution in [0.1, 0.15) is 48.2 Å². The summed E-state index contributed by atoms with van der Waals surface area (Å²) in [6, 6.07) is 9.27. The van der Waals surface area contributed by atoms with E-state index >= 15 is 0 Å². The van der Waals surface area contributed by atoms with Crippen LogP contribution in [-0.2, 0) is 4.79 Å². The Kier molecular flexibility index (Phi) is 4.03. The molecule has 2 aromatic rings. The minimum absolute atomic E-state index is 0.0270. The first-order chi connectivity index (χ1) is 11.0. The quantitative estimate of drug-likeness (QED) is 0.909. The van der Waals surface area contributed by atoms with Gasteiger partial charge in [-0.2, -0.15) is 0 Å². The molecule has 3 rings (SSSR count). The van der Waals surface area contributed by atoms with Gasteiger partial charge in [-0.15, -0.1) is 0 Å². The number of amides is 1. The highest BCUT2D eigenvalue weighted by Gasteiger charge is 2.37. The summed E-state index contributed by atoms with van der Waals surface area (Å²) in [5, 5.41) is 13.0. The second kappa shape index (κ2) is 5.99. The highest BCUT2D eigenvalue weighted by atomic mass is 16.4. The molecule has 5 nitrogen and oxygen atoms in total. The number of carbonyl (C=O) groups excluding carboxylic acids is 1. The third-order valence-corrected chi connectivity index (χ3v) is 4.52. The molecule has 1 amide bonds. The molecule has 1 heterocycles. The maximum Gasteiger partial charge on any atom is 0.305 e. The van der Waals surface area contributed by atoms with Gasteiger partial charge in [-0.1, -0.05) is 31.0 Å². The number of nitrogens with one attached hydrogen (secondary N) is 1. The maximum atomic E-state index is 12.8. The number of aliphatic carboxylic acids is 1. The molecule has 1 aromatic heterocycles. The molecule has 2 N–H and O–H groups in total. The number of benzene rings is 1. The first-order valence-corrected chi connectivity index (χ1v) is 7.90. The summed E-state index contributed by atoms with van der Waals surface area (Å²) in [7, 11) is 0. The molecule has 1 fully saturated rings. The normalized spacial score (nSPS) is 16.4. The average molecular weight is 312 g/mol. The van der Waals surface area contributed by atoms with Gasteiger partial charge in [0.25, 0.3) is 5.91 Å². The number of aryl methyl sites for hydroxylation is 1. The second-order valence-electron chi connectivity index (χ2n) is 6.34. The van der Waals surface area contributed by atoms with Gasteiger partial charge >= 0.3 is 5.97 Å². The molecule has 0 unspecified atom stereocenters. The van der Waals surface area contributed by atoms with E-state index in [9.17, 15) is 14.7 Å². The summed E-state index contributed by atoms with van der Waals surface area (Å²) >= 11 is 0. The largest absolute Gasteiger partial charge is 0.481 e. The number of hydrogen-bond acceptors (Lipinski definition) is 3. The zero-order valence-electron chi connectivity index (χ0n) is 13.1. The predicted molar refractivity (Wildman–Crippen MR) is 87.4 cm³/mol. The summed E-state index contributed by atoms with van der Waals surface area (Å²) in [5.74, 6) is -1.09. The minimum atomic E-state index is -0.872. The lowest BCUT2D eigenvalue weighted by molar-refractivity contribution is -0.138. The molecule has 1 aromatic carbocycles. The van der Waals surface area contributed by atoms with E-state index in [4.69, 9.17) is 0 Å². The highest BCUT2D eigenvalue weighted by molar-refractivity contribution is 6.06. The van der Waals surface area contributed by atoms with Crippen molar-refractivity contribution in [2.45, 2.75) is 44.6 Å². The number of para-hydroxylation sites is 1. The zero-order valence-corrected chi connectivity index (χ0v) is 13.1. The summed E-state index contributed by atoms with van der Waals surface area (Å²) in [5.41, 5.74) is 1.48. The van der Waals surface area contributed by atoms with Crippen molar-refractivity contribution in [2.75, 3.05) is 0 Å². The molecule has 5 heteroatoms. The summed E-state index contributed by atoms with van der Waals surface area (Å²) < 4.78 is 0. The van der Waals surface area contributed by atoms with Gasteiger partial charge in [0.15, 0.2) is 0 Å². The Labute approximate surface area is 134 Å². The molecule has 0 saturated heterocycles. The summed E-state index contributed by atoms with van der Waals surface area (Å²) in [6.07, 6.45) is 3.30. The maximum absolute atomic E-state index is 12.8. The Morgan fingerprint density at radius 2 is 1.96 bits per heavy atom. The molecule has 1 aliphatic rings. The predicted octanol–water partition coefficient (Wildman–Crippen LogP) is 3.06. The van der Waals surface area contributed by atoms with E-state index in [-0.39, 0.29) is 12.3 Å². The third-order valence-electron chi connectivity index (χ3n) is 4.52. The van der Waals surface area contributed by atoms with Crippen LogP contribution in [0, 0.1) is 6.92 Å². The van der Waals surface area contributed by atoms with Gasteiger partial charge in [-0.25, -0.2) is 0 Å². The van der Waals surface area contributed by atoms with Crippen molar-refractivity contribution in [3.8, 4) is 0 Å². The standard InChI is InChI=1S/C18H20N2O3/c1-12-10-14(13-6-2-3-7-15(13)19-12)17(23)20-18(11-16(21)22)8-4-5-9-18/h2-3,6-7,10H,4-5,8-9,11H2,1H3,(H,20,23)(H,21,22). The fourth-order valence-electron chi connectivity index (χ4n) is 3.49. The number of pyridine rings is 1. The first kappa shape index (κ1) is 15.5. The molecular weight excluding hydrogens is 292 g/mol. The van der Waals surface area contributed by atoms with E-state index in [1.54, 1.807) is 6.07 Å². The molecule has 0 atom stereocenters. The number of aromatic nitrogens is 1. The number of rotatable bonds is 4. The summed E-state index contributed by atoms with van der Waals surface area (Å²) in [4.78, 5) is 28.4. The number of carboxylic acids is 1. The van der Waals surface area contributed by atoms with Crippen molar-refractivity contribution in [1.29, 1.82) is 0 Å². The lowest BCUT2D eigenvalue weighted by Gasteiger charge is -2.29. The first-order valence-electron chi connectivity index (χ1n) is 7.90. The van der Waals surface area contributed by atoms with E-state index < -0.39 is 11.5 Å². The SMILES string of the molecule is Cc1cc(C(=O)NC2(CC(=O)O)CCCC2)c2ccccc2n1. The lowest BCUT2D eigenvalue weighted by Crippen LogP contribution is -2.47. The number of carbonyl (C=O) groups is 2. The Morgan fingerprint density at radius 1 is 1.26 bits per heavy atom. The van der Waals surface area contributed by atoms with Crippen molar-refractivity contribution >= 4 is 22.8 Å². The fourth-order valence-corrected chi connectivity index (χ4v) is 3.49. The van der Waals surface area contributed by atoms with Gasteiger partial charge in [0, 0.05) is 11.1 Å². The fraction of sp³-hybridized carbons (Fsp3) is 0.389. The van der Waals surface area contributed by atoms with Crippen LogP contribution in [0.5, 0.6) is 0 Å². The van der Waals surface area contributed by atoms with Gasteiger partial charge in [-0.3, -0.25) is 14.6 Å². The van der Waals surface area contributed by atoms with Gasteiger partial charge in [0.1, 0.15) is 0 Å². The molecule has 120 valence electrons. The number of fused-ring (bicyclic) bond motifs is 1. The van der Waals surface area contributed by atoms with E-state index in [1.807, 2.05) is 31.2 Å². The van der Waals surface area contributed by atoms with Crippen molar-refractivity contribution in [3.63, 3.8) is 0 Å². The topological polar surface area (TPSA) is 79.3 Å². The van der Waals surface area contributed by atoms with Crippen LogP contribution in [0.2, 0.25) is 0 Å². The van der Waals surface area contributed by atoms with Crippen LogP contribution in [0.25, 0.3) is 10.9 Å². The number of hydrogen-bond donors (Lipinski definition) is 2. The molecule has 0 bridgehead atoms. The van der Waals surface area contributed by atoms with Gasteiger partial charge in [-0.05, 0) is 31.9 Å². The lowest BCUT2D eigenvalue weighted by atomic mass is 9.92. The molecule has 0 spiro atoms. The third kappa shape index (κ3) is 3.18.